The van der Waals surface area contributed by atoms with Crippen LogP contribution in [-0.4, -0.2) is 26.4 Å². The van der Waals surface area contributed by atoms with Crippen molar-refractivity contribution in [1.82, 2.24) is 5.48 Å². The van der Waals surface area contributed by atoms with Crippen molar-refractivity contribution in [1.29, 1.82) is 0 Å². The molecule has 1 aromatic rings. The van der Waals surface area contributed by atoms with Crippen LogP contribution in [0.3, 0.4) is 0 Å². The first kappa shape index (κ1) is 15.2. The molecule has 0 heterocycles. The van der Waals surface area contributed by atoms with Crippen LogP contribution in [0.4, 0.5) is 0 Å². The summed E-state index contributed by atoms with van der Waals surface area (Å²) in [6.07, 6.45) is 3.99. The van der Waals surface area contributed by atoms with Crippen LogP contribution in [0.15, 0.2) is 30.3 Å². The lowest BCUT2D eigenvalue weighted by Gasteiger charge is -2.07. The Morgan fingerprint density at radius 2 is 2.16 bits per heavy atom. The molecule has 0 aliphatic heterocycles. The molecule has 0 radical (unpaired) electrons. The number of hydroxylamine groups is 1. The highest BCUT2D eigenvalue weighted by molar-refractivity contribution is 5.91. The normalized spacial score (nSPS) is 10.6. The first-order valence-electron chi connectivity index (χ1n) is 6.08. The first-order chi connectivity index (χ1) is 9.27. The van der Waals surface area contributed by atoms with Crippen LogP contribution in [0.25, 0.3) is 6.08 Å². The number of para-hydroxylation sites is 1. The van der Waals surface area contributed by atoms with E-state index in [0.717, 1.165) is 17.7 Å². The van der Waals surface area contributed by atoms with Gasteiger partial charge in [-0.1, -0.05) is 25.1 Å². The average Bonchev–Trinajstić information content (AvgIpc) is 2.44. The maximum atomic E-state index is 11.4. The molecule has 0 saturated heterocycles. The highest BCUT2D eigenvalue weighted by atomic mass is 16.8. The summed E-state index contributed by atoms with van der Waals surface area (Å²) in [5.41, 5.74) is 3.07. The summed E-state index contributed by atoms with van der Waals surface area (Å²) in [4.78, 5) is 16.1. The molecule has 5 heteroatoms. The molecule has 1 aromatic carbocycles. The van der Waals surface area contributed by atoms with Crippen LogP contribution in [-0.2, 0) is 14.4 Å². The van der Waals surface area contributed by atoms with E-state index in [1.54, 1.807) is 6.08 Å². The van der Waals surface area contributed by atoms with Crippen molar-refractivity contribution < 1.29 is 19.1 Å². The lowest BCUT2D eigenvalue weighted by molar-refractivity contribution is -0.139. The molecule has 0 bridgehead atoms. The second-order valence-corrected chi connectivity index (χ2v) is 3.74. The van der Waals surface area contributed by atoms with Crippen molar-refractivity contribution in [3.05, 3.63) is 35.9 Å². The fourth-order valence-electron chi connectivity index (χ4n) is 1.32. The van der Waals surface area contributed by atoms with Gasteiger partial charge in [-0.2, -0.15) is 0 Å². The van der Waals surface area contributed by atoms with Gasteiger partial charge in [0.1, 0.15) is 5.75 Å². The van der Waals surface area contributed by atoms with Crippen molar-refractivity contribution in [2.24, 2.45) is 0 Å². The average molecular weight is 265 g/mol. The number of benzene rings is 1. The smallest absolute Gasteiger partial charge is 0.267 e. The molecule has 1 amide bonds. The fraction of sp³-hybridized carbons (Fsp3) is 0.357. The summed E-state index contributed by atoms with van der Waals surface area (Å²) in [5.74, 6) is 0.397. The van der Waals surface area contributed by atoms with Gasteiger partial charge in [-0.3, -0.25) is 4.79 Å². The van der Waals surface area contributed by atoms with Gasteiger partial charge < -0.3 is 9.47 Å². The SMILES string of the molecule is CCCOc1ccccc1/C=C/C(=O)NOCOC. The highest BCUT2D eigenvalue weighted by Gasteiger charge is 2.00. The van der Waals surface area contributed by atoms with Gasteiger partial charge in [-0.15, -0.1) is 0 Å². The number of rotatable bonds is 8. The van der Waals surface area contributed by atoms with Gasteiger partial charge in [0.25, 0.3) is 5.91 Å². The molecule has 0 aliphatic rings. The van der Waals surface area contributed by atoms with E-state index in [0.29, 0.717) is 6.61 Å². The molecular formula is C14H19NO4. The van der Waals surface area contributed by atoms with Gasteiger partial charge in [-0.25, -0.2) is 10.3 Å². The Hall–Kier alpha value is -1.85. The third-order valence-corrected chi connectivity index (χ3v) is 2.14. The molecule has 19 heavy (non-hydrogen) atoms. The maximum absolute atomic E-state index is 11.4. The predicted molar refractivity (Wildman–Crippen MR) is 72.4 cm³/mol. The minimum atomic E-state index is -0.359. The molecule has 0 aromatic heterocycles. The van der Waals surface area contributed by atoms with Crippen LogP contribution < -0.4 is 10.2 Å². The third-order valence-electron chi connectivity index (χ3n) is 2.14. The minimum Gasteiger partial charge on any atom is -0.493 e. The summed E-state index contributed by atoms with van der Waals surface area (Å²) in [5, 5.41) is 0. The van der Waals surface area contributed by atoms with Crippen molar-refractivity contribution in [3.63, 3.8) is 0 Å². The van der Waals surface area contributed by atoms with Crippen molar-refractivity contribution in [2.75, 3.05) is 20.5 Å². The molecule has 0 saturated carbocycles. The summed E-state index contributed by atoms with van der Waals surface area (Å²) in [7, 11) is 1.48. The lowest BCUT2D eigenvalue weighted by atomic mass is 10.2. The van der Waals surface area contributed by atoms with E-state index in [-0.39, 0.29) is 12.7 Å². The van der Waals surface area contributed by atoms with Gasteiger partial charge >= 0.3 is 0 Å². The zero-order valence-electron chi connectivity index (χ0n) is 11.2. The van der Waals surface area contributed by atoms with Gasteiger partial charge in [0.2, 0.25) is 0 Å². The molecule has 0 spiro atoms. The zero-order valence-corrected chi connectivity index (χ0v) is 11.2. The van der Waals surface area contributed by atoms with Gasteiger partial charge in [0.05, 0.1) is 6.61 Å². The standard InChI is InChI=1S/C14H19NO4/c1-3-10-18-13-7-5-4-6-12(13)8-9-14(16)15-19-11-17-2/h4-9H,3,10-11H2,1-2H3,(H,15,16)/b9-8+. The first-order valence-corrected chi connectivity index (χ1v) is 6.08. The third kappa shape index (κ3) is 6.03. The molecule has 1 rings (SSSR count). The Labute approximate surface area is 113 Å². The van der Waals surface area contributed by atoms with Crippen LogP contribution in [0.5, 0.6) is 5.75 Å². The van der Waals surface area contributed by atoms with E-state index >= 15 is 0 Å². The van der Waals surface area contributed by atoms with E-state index in [4.69, 9.17) is 9.57 Å². The second-order valence-electron chi connectivity index (χ2n) is 3.74. The Morgan fingerprint density at radius 3 is 2.89 bits per heavy atom. The quantitative estimate of drug-likeness (QED) is 0.338. The van der Waals surface area contributed by atoms with Gasteiger partial charge in [0, 0.05) is 18.7 Å². The van der Waals surface area contributed by atoms with E-state index in [2.05, 4.69) is 10.2 Å². The topological polar surface area (TPSA) is 56.8 Å². The molecule has 104 valence electrons. The van der Waals surface area contributed by atoms with Crippen LogP contribution in [0, 0.1) is 0 Å². The molecule has 0 fully saturated rings. The number of nitrogens with one attached hydrogen (secondary N) is 1. The maximum Gasteiger partial charge on any atom is 0.267 e. The van der Waals surface area contributed by atoms with Crippen LogP contribution in [0.2, 0.25) is 0 Å². The number of ether oxygens (including phenoxy) is 2. The minimum absolute atomic E-state index is 0.00970. The van der Waals surface area contributed by atoms with E-state index < -0.39 is 0 Å². The van der Waals surface area contributed by atoms with Crippen LogP contribution >= 0.6 is 0 Å². The number of hydrogen-bond donors (Lipinski definition) is 1. The largest absolute Gasteiger partial charge is 0.493 e. The number of amides is 1. The summed E-state index contributed by atoms with van der Waals surface area (Å²) in [6.45, 7) is 2.70. The Bertz CT molecular complexity index is 418. The lowest BCUT2D eigenvalue weighted by Crippen LogP contribution is -2.22. The Kier molecular flexibility index (Phi) is 7.31. The highest BCUT2D eigenvalue weighted by Crippen LogP contribution is 2.19. The van der Waals surface area contributed by atoms with E-state index in [9.17, 15) is 4.79 Å². The van der Waals surface area contributed by atoms with E-state index in [1.807, 2.05) is 31.2 Å². The molecule has 0 unspecified atom stereocenters. The van der Waals surface area contributed by atoms with Gasteiger partial charge in [0.15, 0.2) is 6.79 Å². The number of methoxy groups -OCH3 is 1. The summed E-state index contributed by atoms with van der Waals surface area (Å²) >= 11 is 0. The zero-order chi connectivity index (χ0) is 13.9. The fourth-order valence-corrected chi connectivity index (χ4v) is 1.32. The number of carbonyl (C=O) groups is 1. The predicted octanol–water partition coefficient (Wildman–Crippen LogP) is 2.14. The van der Waals surface area contributed by atoms with Gasteiger partial charge in [-0.05, 0) is 18.6 Å². The number of carbonyl (C=O) groups excluding carboxylic acids is 1. The Morgan fingerprint density at radius 1 is 1.37 bits per heavy atom. The molecule has 0 atom stereocenters. The summed E-state index contributed by atoms with van der Waals surface area (Å²) < 4.78 is 10.2. The van der Waals surface area contributed by atoms with Crippen molar-refractivity contribution >= 4 is 12.0 Å². The van der Waals surface area contributed by atoms with Crippen molar-refractivity contribution in [2.45, 2.75) is 13.3 Å². The number of hydrogen-bond acceptors (Lipinski definition) is 4. The second kappa shape index (κ2) is 9.13. The van der Waals surface area contributed by atoms with Crippen molar-refractivity contribution in [3.8, 4) is 5.75 Å². The molecule has 5 nitrogen and oxygen atoms in total. The molecular weight excluding hydrogens is 246 g/mol. The monoisotopic (exact) mass is 265 g/mol. The molecule has 0 aliphatic carbocycles. The Balaban J connectivity index is 2.57. The van der Waals surface area contributed by atoms with Crippen LogP contribution in [0.1, 0.15) is 18.9 Å². The van der Waals surface area contributed by atoms with E-state index in [1.165, 1.54) is 13.2 Å². The molecule has 1 N–H and O–H groups in total. The summed E-state index contributed by atoms with van der Waals surface area (Å²) in [6, 6.07) is 7.53.